The van der Waals surface area contributed by atoms with Gasteiger partial charge >= 0.3 is 0 Å². The first-order valence-corrected chi connectivity index (χ1v) is 9.24. The third kappa shape index (κ3) is 6.83. The Kier molecular flexibility index (Phi) is 8.26. The molecule has 0 saturated heterocycles. The number of alkyl halides is 2. The van der Waals surface area contributed by atoms with Crippen LogP contribution in [0, 0.1) is 5.41 Å². The maximum Gasteiger partial charge on any atom is 0.188 e. The highest BCUT2D eigenvalue weighted by molar-refractivity contribution is 6.54. The van der Waals surface area contributed by atoms with E-state index in [1.165, 1.54) is 42.1 Å². The minimum atomic E-state index is -0.996. The molecule has 1 aliphatic rings. The van der Waals surface area contributed by atoms with Gasteiger partial charge in [0.2, 0.25) is 0 Å². The largest absolute Gasteiger partial charge is 0.292 e. The van der Waals surface area contributed by atoms with Gasteiger partial charge in [-0.1, -0.05) is 78.6 Å². The second kappa shape index (κ2) is 9.44. The number of hydrogen-bond acceptors (Lipinski definition) is 1. The third-order valence-electron chi connectivity index (χ3n) is 4.36. The minimum absolute atomic E-state index is 0.258. The first-order valence-electron chi connectivity index (χ1n) is 8.37. The van der Waals surface area contributed by atoms with E-state index in [1.54, 1.807) is 0 Å². The second-order valence-electron chi connectivity index (χ2n) is 7.13. The van der Waals surface area contributed by atoms with Crippen LogP contribution in [0.4, 0.5) is 0 Å². The maximum atomic E-state index is 11.4. The lowest BCUT2D eigenvalue weighted by molar-refractivity contribution is -0.113. The third-order valence-corrected chi connectivity index (χ3v) is 4.79. The van der Waals surface area contributed by atoms with Gasteiger partial charge in [-0.05, 0) is 62.7 Å². The lowest BCUT2D eigenvalue weighted by Gasteiger charge is -2.32. The smallest absolute Gasteiger partial charge is 0.188 e. The van der Waals surface area contributed by atoms with E-state index in [2.05, 4.69) is 39.8 Å². The highest BCUT2D eigenvalue weighted by atomic mass is 35.5. The van der Waals surface area contributed by atoms with Gasteiger partial charge in [-0.15, -0.1) is 0 Å². The maximum absolute atomic E-state index is 11.4. The highest BCUT2D eigenvalue weighted by Crippen LogP contribution is 2.40. The summed E-state index contributed by atoms with van der Waals surface area (Å²) in [5.74, 6) is -0.289. The molecule has 0 fully saturated rings. The van der Waals surface area contributed by atoms with Crippen molar-refractivity contribution in [2.24, 2.45) is 5.41 Å². The average Bonchev–Trinajstić information content (AvgIpc) is 2.45. The Hall–Kier alpha value is -1.05. The van der Waals surface area contributed by atoms with E-state index in [0.717, 1.165) is 5.57 Å². The molecule has 3 heteroatoms. The summed E-state index contributed by atoms with van der Waals surface area (Å²) < 4.78 is 0. The Bertz CT molecular complexity index is 614. The molecule has 1 aliphatic carbocycles. The molecule has 0 saturated carbocycles. The molecule has 1 rings (SSSR count). The summed E-state index contributed by atoms with van der Waals surface area (Å²) in [6.45, 7) is 10.8. The molecule has 0 radical (unpaired) electrons. The number of allylic oxidation sites excluding steroid dienone is 10. The van der Waals surface area contributed by atoms with E-state index in [0.29, 0.717) is 0 Å². The van der Waals surface area contributed by atoms with Crippen molar-refractivity contribution >= 4 is 29.0 Å². The number of hydrogen-bond donors (Lipinski definition) is 0. The van der Waals surface area contributed by atoms with Gasteiger partial charge in [0.05, 0.1) is 0 Å². The number of rotatable bonds is 6. The lowest BCUT2D eigenvalue weighted by atomic mass is 9.72. The predicted molar refractivity (Wildman–Crippen MR) is 107 cm³/mol. The zero-order chi connectivity index (χ0) is 18.3. The molecule has 0 aliphatic heterocycles. The predicted octanol–water partition coefficient (Wildman–Crippen LogP) is 6.89. The fraction of sp³-hybridized carbons (Fsp3) is 0.476. The Morgan fingerprint density at radius 1 is 1.17 bits per heavy atom. The fourth-order valence-corrected chi connectivity index (χ4v) is 3.09. The summed E-state index contributed by atoms with van der Waals surface area (Å²) in [6.07, 6.45) is 15.4. The fourth-order valence-electron chi connectivity index (χ4n) is 2.97. The molecule has 24 heavy (non-hydrogen) atoms. The van der Waals surface area contributed by atoms with Crippen LogP contribution in [0.5, 0.6) is 0 Å². The van der Waals surface area contributed by atoms with Gasteiger partial charge in [-0.2, -0.15) is 0 Å². The van der Waals surface area contributed by atoms with E-state index in [1.807, 2.05) is 25.2 Å². The first kappa shape index (κ1) is 21.0. The molecule has 132 valence electrons. The van der Waals surface area contributed by atoms with Crippen LogP contribution in [0.2, 0.25) is 0 Å². The van der Waals surface area contributed by atoms with Gasteiger partial charge in [-0.25, -0.2) is 0 Å². The monoisotopic (exact) mass is 366 g/mol. The standard InChI is InChI=1S/C21H28Cl2O/c1-15(8-6-9-16(2)14-19(24)20(22)23)11-12-18-17(3)10-7-13-21(18,4)5/h6,8-9,11-12,14,20H,7,10,13H2,1-5H3/b9-6+,12-11+,15-8+,16-14+. The molecular formula is C21H28Cl2O. The van der Waals surface area contributed by atoms with E-state index < -0.39 is 4.84 Å². The quantitative estimate of drug-likeness (QED) is 0.284. The number of ketones is 1. The van der Waals surface area contributed by atoms with Crippen LogP contribution in [0.1, 0.15) is 53.9 Å². The number of carbonyl (C=O) groups is 1. The molecule has 0 aromatic rings. The Morgan fingerprint density at radius 3 is 2.42 bits per heavy atom. The van der Waals surface area contributed by atoms with Crippen LogP contribution in [-0.4, -0.2) is 10.6 Å². The van der Waals surface area contributed by atoms with Gasteiger partial charge in [0, 0.05) is 0 Å². The van der Waals surface area contributed by atoms with Crippen molar-refractivity contribution in [2.75, 3.05) is 0 Å². The highest BCUT2D eigenvalue weighted by Gasteiger charge is 2.26. The van der Waals surface area contributed by atoms with E-state index in [4.69, 9.17) is 23.2 Å². The van der Waals surface area contributed by atoms with Crippen molar-refractivity contribution in [3.05, 3.63) is 58.7 Å². The van der Waals surface area contributed by atoms with E-state index in [-0.39, 0.29) is 11.2 Å². The molecule has 0 N–H and O–H groups in total. The van der Waals surface area contributed by atoms with Crippen molar-refractivity contribution in [1.29, 1.82) is 0 Å². The zero-order valence-electron chi connectivity index (χ0n) is 15.3. The van der Waals surface area contributed by atoms with Crippen molar-refractivity contribution in [3.8, 4) is 0 Å². The molecule has 0 amide bonds. The minimum Gasteiger partial charge on any atom is -0.292 e. The Morgan fingerprint density at radius 2 is 1.83 bits per heavy atom. The van der Waals surface area contributed by atoms with Crippen molar-refractivity contribution in [3.63, 3.8) is 0 Å². The molecule has 0 aromatic heterocycles. The average molecular weight is 367 g/mol. The molecule has 0 bridgehead atoms. The Labute approximate surface area is 156 Å². The summed E-state index contributed by atoms with van der Waals surface area (Å²) >= 11 is 11.1. The van der Waals surface area contributed by atoms with Crippen LogP contribution in [-0.2, 0) is 4.79 Å². The van der Waals surface area contributed by atoms with E-state index in [9.17, 15) is 4.79 Å². The number of halogens is 2. The molecule has 0 heterocycles. The lowest BCUT2D eigenvalue weighted by Crippen LogP contribution is -2.19. The van der Waals surface area contributed by atoms with Gasteiger partial charge in [0.1, 0.15) is 0 Å². The van der Waals surface area contributed by atoms with Crippen LogP contribution in [0.15, 0.2) is 58.7 Å². The van der Waals surface area contributed by atoms with Gasteiger partial charge in [0.15, 0.2) is 10.6 Å². The molecule has 0 atom stereocenters. The van der Waals surface area contributed by atoms with Crippen LogP contribution < -0.4 is 0 Å². The molecule has 0 unspecified atom stereocenters. The summed E-state index contributed by atoms with van der Waals surface area (Å²) in [6, 6.07) is 0. The summed E-state index contributed by atoms with van der Waals surface area (Å²) in [5.41, 5.74) is 5.21. The second-order valence-corrected chi connectivity index (χ2v) is 8.22. The first-order chi connectivity index (χ1) is 11.1. The Balaban J connectivity index is 2.77. The van der Waals surface area contributed by atoms with E-state index >= 15 is 0 Å². The normalized spacial score (nSPS) is 19.8. The summed E-state index contributed by atoms with van der Waals surface area (Å²) in [7, 11) is 0. The van der Waals surface area contributed by atoms with Crippen LogP contribution in [0.3, 0.4) is 0 Å². The molecular weight excluding hydrogens is 339 g/mol. The van der Waals surface area contributed by atoms with Gasteiger partial charge in [-0.3, -0.25) is 4.79 Å². The van der Waals surface area contributed by atoms with Gasteiger partial charge < -0.3 is 0 Å². The SMILES string of the molecule is CC1=C(/C=C/C(C)=C/C=C/C(C)=C/C(=O)C(Cl)Cl)C(C)(C)CCC1. The van der Waals surface area contributed by atoms with Gasteiger partial charge in [0.25, 0.3) is 0 Å². The van der Waals surface area contributed by atoms with Crippen LogP contribution in [0.25, 0.3) is 0 Å². The summed E-state index contributed by atoms with van der Waals surface area (Å²) in [4.78, 5) is 10.4. The number of carbonyl (C=O) groups excluding carboxylic acids is 1. The van der Waals surface area contributed by atoms with Crippen molar-refractivity contribution in [2.45, 2.75) is 58.7 Å². The van der Waals surface area contributed by atoms with Crippen LogP contribution >= 0.6 is 23.2 Å². The molecule has 0 spiro atoms. The van der Waals surface area contributed by atoms with Crippen molar-refractivity contribution < 1.29 is 4.79 Å². The van der Waals surface area contributed by atoms with Crippen molar-refractivity contribution in [1.82, 2.24) is 0 Å². The topological polar surface area (TPSA) is 17.1 Å². The summed E-state index contributed by atoms with van der Waals surface area (Å²) in [5, 5.41) is 0. The zero-order valence-corrected chi connectivity index (χ0v) is 16.8. The molecule has 1 nitrogen and oxygen atoms in total. The molecule has 0 aromatic carbocycles.